The third-order valence-electron chi connectivity index (χ3n) is 4.77. The van der Waals surface area contributed by atoms with Crippen LogP contribution in [-0.2, 0) is 24.1 Å². The second-order valence-electron chi connectivity index (χ2n) is 6.93. The molecule has 3 aromatic rings. The third-order valence-corrected chi connectivity index (χ3v) is 5.06. The lowest BCUT2D eigenvalue weighted by atomic mass is 10.0. The summed E-state index contributed by atoms with van der Waals surface area (Å²) in [5.74, 6) is -1.14. The lowest BCUT2D eigenvalue weighted by Gasteiger charge is -2.10. The van der Waals surface area contributed by atoms with Crippen LogP contribution >= 0.6 is 11.6 Å². The molecule has 1 aliphatic carbocycles. The number of nitrogens with one attached hydrogen (secondary N) is 1. The number of hydrogen-bond acceptors (Lipinski definition) is 4. The van der Waals surface area contributed by atoms with Crippen molar-refractivity contribution in [3.05, 3.63) is 82.1 Å². The zero-order chi connectivity index (χ0) is 23.1. The highest BCUT2D eigenvalue weighted by atomic mass is 35.5. The van der Waals surface area contributed by atoms with E-state index in [1.54, 1.807) is 23.1 Å². The van der Waals surface area contributed by atoms with E-state index in [-0.39, 0.29) is 23.4 Å². The van der Waals surface area contributed by atoms with Crippen molar-refractivity contribution in [2.24, 2.45) is 5.73 Å². The number of primary amides is 1. The molecule has 1 aliphatic rings. The maximum Gasteiger partial charge on any atom is 0.404 e. The Morgan fingerprint density at radius 1 is 1.16 bits per heavy atom. The Morgan fingerprint density at radius 2 is 1.91 bits per heavy atom. The number of amides is 2. The maximum atomic E-state index is 13.7. The molecule has 0 atom stereocenters. The van der Waals surface area contributed by atoms with E-state index in [1.165, 1.54) is 30.3 Å². The maximum absolute atomic E-state index is 13.7. The van der Waals surface area contributed by atoms with Crippen LogP contribution in [0.3, 0.4) is 0 Å². The zero-order valence-corrected chi connectivity index (χ0v) is 17.7. The average molecular weight is 463 g/mol. The first-order chi connectivity index (χ1) is 15.3. The van der Waals surface area contributed by atoms with Crippen LogP contribution < -0.4 is 11.1 Å². The zero-order valence-electron chi connectivity index (χ0n) is 17.0. The van der Waals surface area contributed by atoms with E-state index in [0.717, 1.165) is 12.0 Å². The molecule has 7 nitrogen and oxygen atoms in total. The number of nitrogens with zero attached hydrogens (tertiary/aromatic N) is 2. The highest BCUT2D eigenvalue weighted by Gasteiger charge is 2.22. The predicted molar refractivity (Wildman–Crippen MR) is 116 cm³/mol. The summed E-state index contributed by atoms with van der Waals surface area (Å²) < 4.78 is 32.9. The van der Waals surface area contributed by atoms with Crippen molar-refractivity contribution in [3.8, 4) is 0 Å². The molecule has 0 saturated heterocycles. The number of nitrogens with two attached hydrogens (primary N) is 1. The Morgan fingerprint density at radius 3 is 2.59 bits per heavy atom. The normalized spacial score (nSPS) is 11.8. The summed E-state index contributed by atoms with van der Waals surface area (Å²) in [6.45, 7) is 0.799. The summed E-state index contributed by atoms with van der Waals surface area (Å²) in [6, 6.07) is 8.56. The molecule has 3 N–H and O–H groups in total. The summed E-state index contributed by atoms with van der Waals surface area (Å²) in [7, 11) is 0. The van der Waals surface area contributed by atoms with Crippen LogP contribution in [0.4, 0.5) is 19.3 Å². The number of rotatable bonds is 5. The molecule has 0 aliphatic heterocycles. The topological polar surface area (TPSA) is 99.2 Å². The van der Waals surface area contributed by atoms with Gasteiger partial charge in [-0.3, -0.25) is 9.48 Å². The quantitative estimate of drug-likeness (QED) is 0.589. The molecule has 2 aromatic carbocycles. The van der Waals surface area contributed by atoms with Crippen molar-refractivity contribution in [2.45, 2.75) is 25.8 Å². The summed E-state index contributed by atoms with van der Waals surface area (Å²) in [4.78, 5) is 22.4. The number of halogens is 3. The Bertz CT molecular complexity index is 1110. The minimum atomic E-state index is -0.753. The molecule has 168 valence electrons. The van der Waals surface area contributed by atoms with Crippen LogP contribution in [0.15, 0.2) is 48.8 Å². The van der Waals surface area contributed by atoms with Crippen LogP contribution in [0.5, 0.6) is 0 Å². The van der Waals surface area contributed by atoms with Gasteiger partial charge in [-0.15, -0.1) is 0 Å². The van der Waals surface area contributed by atoms with Gasteiger partial charge in [0.2, 0.25) is 0 Å². The van der Waals surface area contributed by atoms with Crippen molar-refractivity contribution < 1.29 is 23.1 Å². The van der Waals surface area contributed by atoms with E-state index in [0.29, 0.717) is 36.2 Å². The van der Waals surface area contributed by atoms with Crippen molar-refractivity contribution in [2.75, 3.05) is 11.9 Å². The summed E-state index contributed by atoms with van der Waals surface area (Å²) in [5.41, 5.74) is 7.00. The fraction of sp³-hybridized carbons (Fsp3) is 0.227. The molecule has 2 amide bonds. The van der Waals surface area contributed by atoms with Crippen LogP contribution in [0.2, 0.25) is 5.02 Å². The van der Waals surface area contributed by atoms with Gasteiger partial charge >= 0.3 is 6.09 Å². The van der Waals surface area contributed by atoms with Gasteiger partial charge < -0.3 is 15.8 Å². The molecule has 32 heavy (non-hydrogen) atoms. The van der Waals surface area contributed by atoms with E-state index < -0.39 is 11.9 Å². The van der Waals surface area contributed by atoms with Gasteiger partial charge in [0.05, 0.1) is 11.6 Å². The fourth-order valence-electron chi connectivity index (χ4n) is 3.32. The molecule has 0 radical (unpaired) electrons. The number of aromatic nitrogens is 2. The van der Waals surface area contributed by atoms with E-state index in [2.05, 4.69) is 15.2 Å². The highest BCUT2D eigenvalue weighted by molar-refractivity contribution is 6.31. The molecule has 0 unspecified atom stereocenters. The molecular weight excluding hydrogens is 442 g/mol. The molecule has 0 bridgehead atoms. The molecule has 4 rings (SSSR count). The van der Waals surface area contributed by atoms with Gasteiger partial charge in [-0.05, 0) is 66.8 Å². The highest BCUT2D eigenvalue weighted by Crippen LogP contribution is 2.28. The fourth-order valence-corrected chi connectivity index (χ4v) is 3.50. The van der Waals surface area contributed by atoms with E-state index >= 15 is 0 Å². The van der Waals surface area contributed by atoms with Crippen molar-refractivity contribution in [1.82, 2.24) is 9.78 Å². The Hall–Kier alpha value is -3.46. The molecule has 0 spiro atoms. The van der Waals surface area contributed by atoms with Crippen LogP contribution in [0.1, 0.15) is 27.9 Å². The molecular formula is C22H21ClF2N4O3. The summed E-state index contributed by atoms with van der Waals surface area (Å²) in [5, 5.41) is 6.50. The Labute approximate surface area is 188 Å². The molecule has 1 aromatic heterocycles. The van der Waals surface area contributed by atoms with Crippen molar-refractivity contribution in [1.29, 1.82) is 0 Å². The third kappa shape index (κ3) is 6.04. The minimum Gasteiger partial charge on any atom is -0.448 e. The van der Waals surface area contributed by atoms with Crippen molar-refractivity contribution >= 4 is 29.3 Å². The first kappa shape index (κ1) is 23.2. The smallest absolute Gasteiger partial charge is 0.404 e. The van der Waals surface area contributed by atoms with Gasteiger partial charge in [0.15, 0.2) is 0 Å². The van der Waals surface area contributed by atoms with E-state index in [4.69, 9.17) is 17.3 Å². The van der Waals surface area contributed by atoms with Crippen LogP contribution in [0.25, 0.3) is 0 Å². The number of benzene rings is 2. The van der Waals surface area contributed by atoms with Gasteiger partial charge in [-0.2, -0.15) is 5.10 Å². The summed E-state index contributed by atoms with van der Waals surface area (Å²) >= 11 is 5.68. The molecule has 0 fully saturated rings. The van der Waals surface area contributed by atoms with Gasteiger partial charge in [0.1, 0.15) is 18.2 Å². The number of ether oxygens (including phenoxy) is 1. The minimum absolute atomic E-state index is 0.0582. The number of carbonyl (C=O) groups is 2. The molecule has 0 saturated carbocycles. The molecule has 10 heteroatoms. The second kappa shape index (κ2) is 10.7. The van der Waals surface area contributed by atoms with Crippen LogP contribution in [0, 0.1) is 11.6 Å². The predicted octanol–water partition coefficient (Wildman–Crippen LogP) is 4.34. The number of carbonyl (C=O) groups excluding carboxylic acids is 2. The van der Waals surface area contributed by atoms with Gasteiger partial charge in [-0.25, -0.2) is 13.6 Å². The lowest BCUT2D eigenvalue weighted by Crippen LogP contribution is -2.16. The van der Waals surface area contributed by atoms with Gasteiger partial charge in [-0.1, -0.05) is 11.6 Å². The number of anilines is 1. The summed E-state index contributed by atoms with van der Waals surface area (Å²) in [6.07, 6.45) is 4.88. The van der Waals surface area contributed by atoms with Crippen LogP contribution in [-0.4, -0.2) is 28.4 Å². The number of hydrogen-bond donors (Lipinski definition) is 2. The van der Waals surface area contributed by atoms with Gasteiger partial charge in [0.25, 0.3) is 5.91 Å². The van der Waals surface area contributed by atoms with E-state index in [1.807, 2.05) is 0 Å². The first-order valence-electron chi connectivity index (χ1n) is 9.81. The first-order valence-corrected chi connectivity index (χ1v) is 10.2. The standard InChI is InChI=1S/C16H12ClF2NO.C6H9N3O2/c17-13-8-9(4-6-15(13)19)20-16(21)12-5-7-14(18)11-3-1-2-10(11)12;7-6(10)11-5-4-9-3-1-2-8-9/h4-8H,1-3H2,(H,20,21);1-3H,4-5H2,(H2,7,10). The Balaban J connectivity index is 0.000000222. The lowest BCUT2D eigenvalue weighted by molar-refractivity contribution is 0.102. The van der Waals surface area contributed by atoms with Crippen molar-refractivity contribution in [3.63, 3.8) is 0 Å². The monoisotopic (exact) mass is 462 g/mol. The average Bonchev–Trinajstić information content (AvgIpc) is 3.44. The SMILES string of the molecule is NC(=O)OCCn1cccn1.O=C(Nc1ccc(F)c(Cl)c1)c1ccc(F)c2c1CCC2. The molecule has 1 heterocycles. The largest absolute Gasteiger partial charge is 0.448 e. The Kier molecular flexibility index (Phi) is 7.77. The van der Waals surface area contributed by atoms with E-state index in [9.17, 15) is 18.4 Å². The van der Waals surface area contributed by atoms with Gasteiger partial charge in [0, 0.05) is 23.6 Å². The second-order valence-corrected chi connectivity index (χ2v) is 7.33. The number of fused-ring (bicyclic) bond motifs is 1.